The molecule has 6 heteroatoms. The van der Waals surface area contributed by atoms with Crippen LogP contribution in [0.3, 0.4) is 0 Å². The number of aromatic amines is 2. The molecular formula is C6H7ClN4O. The van der Waals surface area contributed by atoms with E-state index in [4.69, 9.17) is 0 Å². The minimum Gasteiger partial charge on any atom is -0.303 e. The Hall–Kier alpha value is -1.36. The molecule has 2 heterocycles. The molecule has 2 aromatic rings. The number of aromatic nitrogens is 4. The van der Waals surface area contributed by atoms with Crippen molar-refractivity contribution >= 4 is 23.6 Å². The van der Waals surface area contributed by atoms with Gasteiger partial charge in [0.2, 0.25) is 0 Å². The maximum absolute atomic E-state index is 10.7. The van der Waals surface area contributed by atoms with Gasteiger partial charge >= 0.3 is 5.69 Å². The number of nitrogens with zero attached hydrogens (tertiary/aromatic N) is 2. The van der Waals surface area contributed by atoms with E-state index >= 15 is 0 Å². The Morgan fingerprint density at radius 1 is 1.42 bits per heavy atom. The average molecular weight is 187 g/mol. The van der Waals surface area contributed by atoms with Crippen molar-refractivity contribution in [3.05, 3.63) is 22.5 Å². The normalized spacial score (nSPS) is 9.75. The van der Waals surface area contributed by atoms with Crippen LogP contribution in [0.2, 0.25) is 0 Å². The number of H-pyrrole nitrogens is 2. The lowest BCUT2D eigenvalue weighted by atomic mass is 10.5. The maximum atomic E-state index is 10.7. The quantitative estimate of drug-likeness (QED) is 0.625. The summed E-state index contributed by atoms with van der Waals surface area (Å²) >= 11 is 0. The molecule has 12 heavy (non-hydrogen) atoms. The third-order valence-corrected chi connectivity index (χ3v) is 1.39. The summed E-state index contributed by atoms with van der Waals surface area (Å²) in [5.74, 6) is 0.646. The molecule has 2 aromatic heterocycles. The van der Waals surface area contributed by atoms with Crippen molar-refractivity contribution in [2.75, 3.05) is 0 Å². The Labute approximate surface area is 73.7 Å². The highest BCUT2D eigenvalue weighted by Crippen LogP contribution is 1.99. The van der Waals surface area contributed by atoms with Gasteiger partial charge in [-0.1, -0.05) is 0 Å². The van der Waals surface area contributed by atoms with Crippen LogP contribution in [-0.2, 0) is 0 Å². The first-order valence-electron chi connectivity index (χ1n) is 3.17. The molecule has 0 aliphatic heterocycles. The zero-order valence-corrected chi connectivity index (χ0v) is 7.10. The number of nitrogens with one attached hydrogen (secondary N) is 2. The zero-order chi connectivity index (χ0) is 7.84. The lowest BCUT2D eigenvalue weighted by molar-refractivity contribution is 1.08. The molecule has 2 rings (SSSR count). The summed E-state index contributed by atoms with van der Waals surface area (Å²) in [6, 6.07) is 0. The molecule has 0 radical (unpaired) electrons. The highest BCUT2D eigenvalue weighted by molar-refractivity contribution is 5.85. The highest BCUT2D eigenvalue weighted by atomic mass is 35.5. The summed E-state index contributed by atoms with van der Waals surface area (Å²) in [5, 5.41) is 0. The molecule has 0 spiro atoms. The van der Waals surface area contributed by atoms with E-state index in [1.807, 2.05) is 0 Å². The van der Waals surface area contributed by atoms with Gasteiger partial charge in [0, 0.05) is 0 Å². The second kappa shape index (κ2) is 2.94. The Morgan fingerprint density at radius 3 is 2.92 bits per heavy atom. The molecule has 0 atom stereocenters. The third kappa shape index (κ3) is 1.31. The van der Waals surface area contributed by atoms with Crippen LogP contribution < -0.4 is 5.69 Å². The molecule has 0 fully saturated rings. The molecule has 0 amide bonds. The summed E-state index contributed by atoms with van der Waals surface area (Å²) in [6.07, 6.45) is 1.58. The van der Waals surface area contributed by atoms with Crippen LogP contribution in [0.15, 0.2) is 11.0 Å². The van der Waals surface area contributed by atoms with Crippen molar-refractivity contribution in [2.45, 2.75) is 6.92 Å². The molecule has 0 saturated carbocycles. The monoisotopic (exact) mass is 186 g/mol. The Balaban J connectivity index is 0.000000720. The Bertz CT molecular complexity index is 446. The van der Waals surface area contributed by atoms with E-state index in [1.165, 1.54) is 0 Å². The van der Waals surface area contributed by atoms with Crippen molar-refractivity contribution in [3.63, 3.8) is 0 Å². The minimum absolute atomic E-state index is 0. The molecule has 0 aromatic carbocycles. The van der Waals surface area contributed by atoms with Gasteiger partial charge in [-0.3, -0.25) is 4.98 Å². The van der Waals surface area contributed by atoms with Gasteiger partial charge in [-0.25, -0.2) is 14.8 Å². The van der Waals surface area contributed by atoms with Crippen LogP contribution in [0.1, 0.15) is 5.82 Å². The summed E-state index contributed by atoms with van der Waals surface area (Å²) in [4.78, 5) is 23.7. The van der Waals surface area contributed by atoms with Gasteiger partial charge in [-0.05, 0) is 6.92 Å². The van der Waals surface area contributed by atoms with Gasteiger partial charge in [0.25, 0.3) is 0 Å². The van der Waals surface area contributed by atoms with Crippen molar-refractivity contribution in [2.24, 2.45) is 0 Å². The van der Waals surface area contributed by atoms with Crippen molar-refractivity contribution in [3.8, 4) is 0 Å². The van der Waals surface area contributed by atoms with E-state index in [9.17, 15) is 4.79 Å². The van der Waals surface area contributed by atoms with E-state index in [2.05, 4.69) is 19.9 Å². The molecule has 64 valence electrons. The van der Waals surface area contributed by atoms with E-state index in [1.54, 1.807) is 13.1 Å². The number of halogens is 1. The van der Waals surface area contributed by atoms with Gasteiger partial charge in [0.15, 0.2) is 5.65 Å². The fourth-order valence-corrected chi connectivity index (χ4v) is 0.918. The van der Waals surface area contributed by atoms with Crippen molar-refractivity contribution in [1.82, 2.24) is 19.9 Å². The number of aryl methyl sites for hydroxylation is 1. The van der Waals surface area contributed by atoms with Gasteiger partial charge in [-0.15, -0.1) is 12.4 Å². The largest absolute Gasteiger partial charge is 0.325 e. The van der Waals surface area contributed by atoms with E-state index < -0.39 is 0 Å². The van der Waals surface area contributed by atoms with Crippen LogP contribution >= 0.6 is 12.4 Å². The van der Waals surface area contributed by atoms with Gasteiger partial charge in [0.05, 0.1) is 6.20 Å². The Morgan fingerprint density at radius 2 is 2.17 bits per heavy atom. The molecular weight excluding hydrogens is 180 g/mol. The number of fused-ring (bicyclic) bond motifs is 1. The first kappa shape index (κ1) is 8.73. The van der Waals surface area contributed by atoms with Crippen LogP contribution in [0, 0.1) is 6.92 Å². The summed E-state index contributed by atoms with van der Waals surface area (Å²) in [6.45, 7) is 1.77. The first-order chi connectivity index (χ1) is 5.25. The minimum atomic E-state index is -0.250. The molecule has 2 N–H and O–H groups in total. The number of rotatable bonds is 0. The second-order valence-corrected chi connectivity index (χ2v) is 2.26. The third-order valence-electron chi connectivity index (χ3n) is 1.39. The van der Waals surface area contributed by atoms with Gasteiger partial charge < -0.3 is 4.98 Å². The van der Waals surface area contributed by atoms with Gasteiger partial charge in [0.1, 0.15) is 11.3 Å². The summed E-state index contributed by atoms with van der Waals surface area (Å²) in [5.41, 5.74) is 0.947. The second-order valence-electron chi connectivity index (χ2n) is 2.26. The molecule has 0 bridgehead atoms. The Kier molecular flexibility index (Phi) is 2.14. The fourth-order valence-electron chi connectivity index (χ4n) is 0.918. The molecule has 5 nitrogen and oxygen atoms in total. The lowest BCUT2D eigenvalue weighted by Gasteiger charge is -1.87. The zero-order valence-electron chi connectivity index (χ0n) is 6.29. The fraction of sp³-hybridized carbons (Fsp3) is 0.167. The highest BCUT2D eigenvalue weighted by Gasteiger charge is 1.98. The van der Waals surface area contributed by atoms with E-state index in [0.717, 1.165) is 0 Å². The predicted octanol–water partition coefficient (Wildman–Crippen LogP) is 0.376. The van der Waals surface area contributed by atoms with Crippen LogP contribution in [0.5, 0.6) is 0 Å². The van der Waals surface area contributed by atoms with Crippen LogP contribution in [0.4, 0.5) is 0 Å². The SMILES string of the molecule is Cc1ncc2[nH]c(=O)[nH]c2n1.Cl. The molecule has 0 aliphatic carbocycles. The van der Waals surface area contributed by atoms with Crippen LogP contribution in [0.25, 0.3) is 11.2 Å². The standard InChI is InChI=1S/C6H6N4O.ClH/c1-3-7-2-4-5(8-3)10-6(11)9-4;/h2H,1H3,(H2,7,8,9,10,11);1H. The molecule has 0 saturated heterocycles. The summed E-state index contributed by atoms with van der Waals surface area (Å²) < 4.78 is 0. The molecule has 0 unspecified atom stereocenters. The van der Waals surface area contributed by atoms with Crippen molar-refractivity contribution < 1.29 is 0 Å². The average Bonchev–Trinajstić information content (AvgIpc) is 2.27. The number of hydrogen-bond donors (Lipinski definition) is 2. The van der Waals surface area contributed by atoms with Crippen LogP contribution in [-0.4, -0.2) is 19.9 Å². The number of hydrogen-bond acceptors (Lipinski definition) is 3. The smallest absolute Gasteiger partial charge is 0.303 e. The summed E-state index contributed by atoms with van der Waals surface area (Å²) in [7, 11) is 0. The van der Waals surface area contributed by atoms with Crippen molar-refractivity contribution in [1.29, 1.82) is 0 Å². The lowest BCUT2D eigenvalue weighted by Crippen LogP contribution is -1.99. The topological polar surface area (TPSA) is 74.4 Å². The maximum Gasteiger partial charge on any atom is 0.325 e. The van der Waals surface area contributed by atoms with E-state index in [-0.39, 0.29) is 18.1 Å². The first-order valence-corrected chi connectivity index (χ1v) is 3.17. The predicted molar refractivity (Wildman–Crippen MR) is 46.5 cm³/mol. The van der Waals surface area contributed by atoms with Gasteiger partial charge in [-0.2, -0.15) is 0 Å². The van der Waals surface area contributed by atoms with E-state index in [0.29, 0.717) is 17.0 Å². The number of imidazole rings is 1. The molecule has 0 aliphatic rings.